The Kier molecular flexibility index (Phi) is 14.3. The minimum absolute atomic E-state index is 0. The zero-order valence-corrected chi connectivity index (χ0v) is 19.8. The predicted molar refractivity (Wildman–Crippen MR) is 109 cm³/mol. The van der Waals surface area contributed by atoms with Crippen LogP contribution in [0.3, 0.4) is 0 Å². The Labute approximate surface area is 188 Å². The van der Waals surface area contributed by atoms with Crippen LogP contribution in [0.15, 0.2) is 24.3 Å². The van der Waals surface area contributed by atoms with Gasteiger partial charge in [-0.25, -0.2) is 4.79 Å². The SMILES string of the molecule is CCP(CC)CC.O=C(CCc1[c-]nn[nH]1)N[C@@H](C(=O)O)c1ccc(O)cc1.[Au+]. The minimum atomic E-state index is -1.18. The number of carbonyl (C=O) groups is 2. The van der Waals surface area contributed by atoms with Gasteiger partial charge in [0.25, 0.3) is 0 Å². The topological polar surface area (TPSA) is 128 Å². The fourth-order valence-electron chi connectivity index (χ4n) is 2.40. The zero-order valence-electron chi connectivity index (χ0n) is 16.8. The van der Waals surface area contributed by atoms with Gasteiger partial charge in [-0.1, -0.05) is 32.9 Å². The first kappa shape index (κ1) is 27.3. The average molecular weight is 604 g/mol. The fourth-order valence-corrected chi connectivity index (χ4v) is 3.75. The molecular weight excluding hydrogens is 576 g/mol. The van der Waals surface area contributed by atoms with E-state index in [0.29, 0.717) is 25.6 Å². The molecule has 0 aliphatic rings. The zero-order chi connectivity index (χ0) is 20.9. The minimum Gasteiger partial charge on any atom is -0.508 e. The molecule has 0 radical (unpaired) electrons. The Morgan fingerprint density at radius 3 is 2.17 bits per heavy atom. The number of phenols is 1. The van der Waals surface area contributed by atoms with Crippen molar-refractivity contribution in [1.82, 2.24) is 20.7 Å². The van der Waals surface area contributed by atoms with Crippen molar-refractivity contribution in [3.63, 3.8) is 0 Å². The van der Waals surface area contributed by atoms with E-state index >= 15 is 0 Å². The molecule has 2 rings (SSSR count). The maximum atomic E-state index is 11.8. The van der Waals surface area contributed by atoms with E-state index in [9.17, 15) is 19.8 Å². The number of rotatable bonds is 9. The number of nitrogens with zero attached hydrogens (tertiary/aromatic N) is 2. The fraction of sp³-hybridized carbons (Fsp3) is 0.474. The summed E-state index contributed by atoms with van der Waals surface area (Å²) in [6, 6.07) is 4.45. The molecule has 164 valence electrons. The summed E-state index contributed by atoms with van der Waals surface area (Å²) in [6.45, 7) is 6.87. The molecule has 1 atom stereocenters. The van der Waals surface area contributed by atoms with Crippen molar-refractivity contribution >= 4 is 19.8 Å². The van der Waals surface area contributed by atoms with Gasteiger partial charge < -0.3 is 31.9 Å². The molecule has 0 aliphatic carbocycles. The van der Waals surface area contributed by atoms with Crippen molar-refractivity contribution in [2.75, 3.05) is 18.5 Å². The van der Waals surface area contributed by atoms with Crippen molar-refractivity contribution in [1.29, 1.82) is 0 Å². The van der Waals surface area contributed by atoms with Gasteiger partial charge in [0.05, 0.1) is 0 Å². The maximum absolute atomic E-state index is 11.8. The molecule has 1 heterocycles. The number of aromatic amines is 1. The summed E-state index contributed by atoms with van der Waals surface area (Å²) in [6.07, 6.45) is 7.24. The average Bonchev–Trinajstić information content (AvgIpc) is 3.21. The molecule has 0 unspecified atom stereocenters. The second-order valence-corrected chi connectivity index (χ2v) is 9.19. The largest absolute Gasteiger partial charge is 1.00 e. The van der Waals surface area contributed by atoms with E-state index in [2.05, 4.69) is 47.7 Å². The molecule has 4 N–H and O–H groups in total. The number of aryl methyl sites for hydroxylation is 1. The van der Waals surface area contributed by atoms with Gasteiger partial charge in [0, 0.05) is 6.42 Å². The van der Waals surface area contributed by atoms with E-state index in [1.165, 1.54) is 42.8 Å². The number of aromatic nitrogens is 3. The third-order valence-corrected chi connectivity index (χ3v) is 6.83. The van der Waals surface area contributed by atoms with Gasteiger partial charge in [-0.2, -0.15) is 0 Å². The first-order chi connectivity index (χ1) is 13.4. The van der Waals surface area contributed by atoms with Gasteiger partial charge >= 0.3 is 28.3 Å². The molecule has 1 aromatic carbocycles. The summed E-state index contributed by atoms with van der Waals surface area (Å²) in [5.41, 5.74) is 0.949. The molecule has 8 nitrogen and oxygen atoms in total. The van der Waals surface area contributed by atoms with Crippen LogP contribution in [0.2, 0.25) is 0 Å². The van der Waals surface area contributed by atoms with Gasteiger partial charge in [0.2, 0.25) is 5.91 Å². The van der Waals surface area contributed by atoms with Crippen LogP contribution < -0.4 is 5.32 Å². The van der Waals surface area contributed by atoms with E-state index in [4.69, 9.17) is 0 Å². The van der Waals surface area contributed by atoms with Crippen molar-refractivity contribution in [2.45, 2.75) is 39.7 Å². The first-order valence-electron chi connectivity index (χ1n) is 9.22. The quantitative estimate of drug-likeness (QED) is 0.198. The molecule has 2 aromatic rings. The Morgan fingerprint density at radius 1 is 1.17 bits per heavy atom. The number of carbonyl (C=O) groups excluding carboxylic acids is 1. The van der Waals surface area contributed by atoms with E-state index in [-0.39, 0.29) is 34.6 Å². The number of aromatic hydroxyl groups is 1. The second kappa shape index (κ2) is 15.2. The molecule has 0 bridgehead atoms. The van der Waals surface area contributed by atoms with Crippen LogP contribution in [0.4, 0.5) is 0 Å². The van der Waals surface area contributed by atoms with Crippen LogP contribution >= 0.6 is 7.92 Å². The number of hydrogen-bond donors (Lipinski definition) is 4. The van der Waals surface area contributed by atoms with Gasteiger partial charge in [-0.3, -0.25) is 4.79 Å². The third-order valence-electron chi connectivity index (χ3n) is 4.14. The monoisotopic (exact) mass is 604 g/mol. The number of hydrogen-bond acceptors (Lipinski definition) is 5. The van der Waals surface area contributed by atoms with Crippen LogP contribution in [0.5, 0.6) is 5.75 Å². The summed E-state index contributed by atoms with van der Waals surface area (Å²) < 4.78 is 0. The standard InChI is InChI=1S/C13H13N4O4.C6H15P.Au/c18-10-4-1-8(2-5-10)12(13(20)21)15-11(19)6-3-9-7-14-17-16-9;1-4-7(5-2)6-3;/h1-2,4-5,12,18H,3,6H2,(H,15,19)(H,20,21)(H,14,16,17);4-6H2,1-3H3;/q-1;;+1/t12-;;/m1../s1. The molecule has 0 saturated carbocycles. The summed E-state index contributed by atoms with van der Waals surface area (Å²) in [7, 11) is 0.446. The number of carboxylic acid groups (broad SMARTS) is 1. The van der Waals surface area contributed by atoms with Crippen LogP contribution in [-0.2, 0) is 38.4 Å². The van der Waals surface area contributed by atoms with E-state index in [0.717, 1.165) is 0 Å². The smallest absolute Gasteiger partial charge is 0.508 e. The molecule has 10 heteroatoms. The summed E-state index contributed by atoms with van der Waals surface area (Å²) in [5, 5.41) is 30.3. The van der Waals surface area contributed by atoms with Gasteiger partial charge in [-0.15, -0.1) is 18.8 Å². The Morgan fingerprint density at radius 2 is 1.76 bits per heavy atom. The number of aliphatic carboxylic acids is 1. The number of H-pyrrole nitrogens is 1. The summed E-state index contributed by atoms with van der Waals surface area (Å²) in [5.74, 6) is -1.57. The predicted octanol–water partition coefficient (Wildman–Crippen LogP) is 2.71. The van der Waals surface area contributed by atoms with Crippen molar-refractivity contribution < 1.29 is 42.2 Å². The molecular formula is C19H28AuN4O4P. The molecule has 0 fully saturated rings. The molecule has 29 heavy (non-hydrogen) atoms. The number of carboxylic acids is 1. The van der Waals surface area contributed by atoms with Crippen LogP contribution in [0, 0.1) is 6.20 Å². The van der Waals surface area contributed by atoms with Crippen molar-refractivity contribution in [3.8, 4) is 5.75 Å². The van der Waals surface area contributed by atoms with E-state index < -0.39 is 17.9 Å². The van der Waals surface area contributed by atoms with E-state index in [1.807, 2.05) is 0 Å². The number of amides is 1. The number of nitrogens with one attached hydrogen (secondary N) is 2. The Bertz CT molecular complexity index is 704. The van der Waals surface area contributed by atoms with Crippen LogP contribution in [-0.4, -0.2) is 56.0 Å². The number of benzene rings is 1. The first-order valence-corrected chi connectivity index (χ1v) is 11.1. The van der Waals surface area contributed by atoms with Gasteiger partial charge in [0.15, 0.2) is 6.04 Å². The molecule has 1 amide bonds. The van der Waals surface area contributed by atoms with Gasteiger partial charge in [-0.05, 0) is 42.6 Å². The molecule has 0 spiro atoms. The third kappa shape index (κ3) is 10.6. The second-order valence-electron chi connectivity index (χ2n) is 5.95. The van der Waals surface area contributed by atoms with Crippen molar-refractivity contribution in [3.05, 3.63) is 41.7 Å². The molecule has 0 aliphatic heterocycles. The van der Waals surface area contributed by atoms with Crippen molar-refractivity contribution in [2.24, 2.45) is 0 Å². The maximum Gasteiger partial charge on any atom is 1.00 e. The Balaban J connectivity index is 0.000000846. The van der Waals surface area contributed by atoms with Gasteiger partial charge in [0.1, 0.15) is 5.75 Å². The normalized spacial score (nSPS) is 11.0. The Hall–Kier alpha value is -1.73. The molecule has 0 saturated heterocycles. The van der Waals surface area contributed by atoms with Crippen LogP contribution in [0.25, 0.3) is 0 Å². The summed E-state index contributed by atoms with van der Waals surface area (Å²) >= 11 is 0. The van der Waals surface area contributed by atoms with Crippen LogP contribution in [0.1, 0.15) is 44.5 Å². The number of phenolic OH excluding ortho intramolecular Hbond substituents is 1. The van der Waals surface area contributed by atoms with E-state index in [1.54, 1.807) is 0 Å². The summed E-state index contributed by atoms with van der Waals surface area (Å²) in [4.78, 5) is 23.0. The molecule has 1 aromatic heterocycles.